The zero-order valence-electron chi connectivity index (χ0n) is 7.03. The number of methoxy groups -OCH3 is 1. The van der Waals surface area contributed by atoms with Crippen molar-refractivity contribution in [1.82, 2.24) is 0 Å². The van der Waals surface area contributed by atoms with E-state index in [-0.39, 0.29) is 5.02 Å². The van der Waals surface area contributed by atoms with E-state index in [2.05, 4.69) is 0 Å². The van der Waals surface area contributed by atoms with Crippen LogP contribution in [0, 0.1) is 5.82 Å². The first kappa shape index (κ1) is 9.33. The van der Waals surface area contributed by atoms with Crippen LogP contribution in [0.4, 0.5) is 4.39 Å². The molecule has 0 fully saturated rings. The summed E-state index contributed by atoms with van der Waals surface area (Å²) in [6, 6.07) is 3.03. The maximum atomic E-state index is 12.9. The van der Waals surface area contributed by atoms with Gasteiger partial charge in [-0.15, -0.1) is 0 Å². The Morgan fingerprint density at radius 1 is 1.50 bits per heavy atom. The van der Waals surface area contributed by atoms with Gasteiger partial charge < -0.3 is 4.74 Å². The molecule has 1 aromatic carbocycles. The summed E-state index contributed by atoms with van der Waals surface area (Å²) < 4.78 is 17.8. The smallest absolute Gasteiger partial charge is 0.145 e. The van der Waals surface area contributed by atoms with Gasteiger partial charge in [-0.3, -0.25) is 0 Å². The summed E-state index contributed by atoms with van der Waals surface area (Å²) in [4.78, 5) is 0. The van der Waals surface area contributed by atoms with Crippen LogP contribution >= 0.6 is 11.6 Å². The number of rotatable bonds is 2. The zero-order chi connectivity index (χ0) is 9.14. The van der Waals surface area contributed by atoms with Gasteiger partial charge in [0.15, 0.2) is 0 Å². The molecule has 0 radical (unpaired) electrons. The standard InChI is InChI=1S/C9H10ClFO/c1-3-6-4-5-7(11)8(10)9(6)12-2/h4-5H,3H2,1-2H3. The lowest BCUT2D eigenvalue weighted by atomic mass is 10.1. The molecule has 0 bridgehead atoms. The number of aryl methyl sites for hydroxylation is 1. The molecule has 0 aliphatic carbocycles. The van der Waals surface area contributed by atoms with Crippen LogP contribution in [0.25, 0.3) is 0 Å². The van der Waals surface area contributed by atoms with E-state index in [1.165, 1.54) is 13.2 Å². The topological polar surface area (TPSA) is 9.23 Å². The Morgan fingerprint density at radius 3 is 2.67 bits per heavy atom. The average molecular weight is 189 g/mol. The molecule has 0 aromatic heterocycles. The molecule has 1 aromatic rings. The molecule has 0 spiro atoms. The average Bonchev–Trinajstić information content (AvgIpc) is 2.09. The summed E-state index contributed by atoms with van der Waals surface area (Å²) in [5.41, 5.74) is 0.920. The third kappa shape index (κ3) is 1.53. The molecule has 3 heteroatoms. The van der Waals surface area contributed by atoms with Crippen LogP contribution < -0.4 is 4.74 Å². The fraction of sp³-hybridized carbons (Fsp3) is 0.333. The van der Waals surface area contributed by atoms with Gasteiger partial charge in [-0.2, -0.15) is 0 Å². The van der Waals surface area contributed by atoms with Crippen LogP contribution in [0.1, 0.15) is 12.5 Å². The van der Waals surface area contributed by atoms with Gasteiger partial charge in [0.1, 0.15) is 16.6 Å². The number of hydrogen-bond donors (Lipinski definition) is 0. The first-order valence-corrected chi connectivity index (χ1v) is 4.09. The Labute approximate surface area is 76.1 Å². The highest BCUT2D eigenvalue weighted by atomic mass is 35.5. The second-order valence-electron chi connectivity index (χ2n) is 2.41. The number of ether oxygens (including phenoxy) is 1. The first-order valence-electron chi connectivity index (χ1n) is 3.71. The molecular formula is C9H10ClFO. The number of benzene rings is 1. The molecule has 66 valence electrons. The fourth-order valence-electron chi connectivity index (χ4n) is 1.07. The van der Waals surface area contributed by atoms with Crippen LogP contribution in [0.5, 0.6) is 5.75 Å². The Morgan fingerprint density at radius 2 is 2.17 bits per heavy atom. The SMILES string of the molecule is CCc1ccc(F)c(Cl)c1OC. The summed E-state index contributed by atoms with van der Waals surface area (Å²) >= 11 is 5.68. The molecule has 0 saturated heterocycles. The van der Waals surface area contributed by atoms with Gasteiger partial charge in [-0.25, -0.2) is 4.39 Å². The molecule has 0 amide bonds. The van der Waals surface area contributed by atoms with Crippen LogP contribution in [-0.2, 0) is 6.42 Å². The van der Waals surface area contributed by atoms with E-state index < -0.39 is 5.82 Å². The van der Waals surface area contributed by atoms with Gasteiger partial charge in [0.2, 0.25) is 0 Å². The Bertz CT molecular complexity index is 286. The molecule has 0 heterocycles. The molecule has 1 rings (SSSR count). The summed E-state index contributed by atoms with van der Waals surface area (Å²) in [5.74, 6) is 0.00452. The third-order valence-corrected chi connectivity index (χ3v) is 2.07. The summed E-state index contributed by atoms with van der Waals surface area (Å²) in [5, 5.41) is 0.0665. The van der Waals surface area contributed by atoms with Crippen molar-refractivity contribution in [2.24, 2.45) is 0 Å². The maximum Gasteiger partial charge on any atom is 0.145 e. The van der Waals surface area contributed by atoms with E-state index in [0.717, 1.165) is 12.0 Å². The monoisotopic (exact) mass is 188 g/mol. The second-order valence-corrected chi connectivity index (χ2v) is 2.79. The van der Waals surface area contributed by atoms with Crippen molar-refractivity contribution in [2.45, 2.75) is 13.3 Å². The van der Waals surface area contributed by atoms with E-state index in [4.69, 9.17) is 16.3 Å². The van der Waals surface area contributed by atoms with Crippen LogP contribution in [-0.4, -0.2) is 7.11 Å². The number of hydrogen-bond acceptors (Lipinski definition) is 1. The van der Waals surface area contributed by atoms with E-state index in [1.807, 2.05) is 6.92 Å². The molecule has 12 heavy (non-hydrogen) atoms. The molecule has 1 nitrogen and oxygen atoms in total. The van der Waals surface area contributed by atoms with Crippen LogP contribution in [0.15, 0.2) is 12.1 Å². The Hall–Kier alpha value is -0.760. The van der Waals surface area contributed by atoms with Crippen molar-refractivity contribution in [3.8, 4) is 5.75 Å². The highest BCUT2D eigenvalue weighted by molar-refractivity contribution is 6.32. The minimum Gasteiger partial charge on any atom is -0.495 e. The van der Waals surface area contributed by atoms with Crippen LogP contribution in [0.2, 0.25) is 5.02 Å². The molecule has 0 N–H and O–H groups in total. The zero-order valence-corrected chi connectivity index (χ0v) is 7.78. The minimum absolute atomic E-state index is 0.0665. The van der Waals surface area contributed by atoms with Gasteiger partial charge in [-0.05, 0) is 18.1 Å². The van der Waals surface area contributed by atoms with E-state index in [9.17, 15) is 4.39 Å². The lowest BCUT2D eigenvalue weighted by Crippen LogP contribution is -1.93. The lowest BCUT2D eigenvalue weighted by molar-refractivity contribution is 0.407. The predicted octanol–water partition coefficient (Wildman–Crippen LogP) is 3.05. The molecule has 0 unspecified atom stereocenters. The van der Waals surface area contributed by atoms with Gasteiger partial charge >= 0.3 is 0 Å². The van der Waals surface area contributed by atoms with Crippen molar-refractivity contribution < 1.29 is 9.13 Å². The fourth-order valence-corrected chi connectivity index (χ4v) is 1.33. The minimum atomic E-state index is -0.439. The maximum absolute atomic E-state index is 12.9. The summed E-state index contributed by atoms with van der Waals surface area (Å²) in [6.07, 6.45) is 0.781. The highest BCUT2D eigenvalue weighted by Crippen LogP contribution is 2.31. The van der Waals surface area contributed by atoms with Gasteiger partial charge in [0.05, 0.1) is 7.11 Å². The van der Waals surface area contributed by atoms with Crippen molar-refractivity contribution in [3.63, 3.8) is 0 Å². The number of halogens is 2. The largest absolute Gasteiger partial charge is 0.495 e. The third-order valence-electron chi connectivity index (χ3n) is 1.72. The van der Waals surface area contributed by atoms with Gasteiger partial charge in [0.25, 0.3) is 0 Å². The van der Waals surface area contributed by atoms with Crippen LogP contribution in [0.3, 0.4) is 0 Å². The predicted molar refractivity (Wildman–Crippen MR) is 47.3 cm³/mol. The normalized spacial score (nSPS) is 10.0. The van der Waals surface area contributed by atoms with Crippen molar-refractivity contribution in [1.29, 1.82) is 0 Å². The molecule has 0 aliphatic heterocycles. The highest BCUT2D eigenvalue weighted by Gasteiger charge is 2.10. The quantitative estimate of drug-likeness (QED) is 0.693. The Balaban J connectivity index is 3.25. The molecule has 0 aliphatic rings. The summed E-state index contributed by atoms with van der Waals surface area (Å²) in [7, 11) is 1.49. The lowest BCUT2D eigenvalue weighted by Gasteiger charge is -2.08. The molecule has 0 atom stereocenters. The summed E-state index contributed by atoms with van der Waals surface area (Å²) in [6.45, 7) is 1.96. The van der Waals surface area contributed by atoms with E-state index >= 15 is 0 Å². The van der Waals surface area contributed by atoms with E-state index in [1.54, 1.807) is 6.07 Å². The second kappa shape index (κ2) is 3.76. The van der Waals surface area contributed by atoms with Crippen molar-refractivity contribution in [3.05, 3.63) is 28.5 Å². The molecule has 0 saturated carbocycles. The first-order chi connectivity index (χ1) is 5.70. The molecular weight excluding hydrogens is 179 g/mol. The van der Waals surface area contributed by atoms with Gasteiger partial charge in [0, 0.05) is 0 Å². The Kier molecular flexibility index (Phi) is 2.93. The van der Waals surface area contributed by atoms with E-state index in [0.29, 0.717) is 5.75 Å². The van der Waals surface area contributed by atoms with Crippen molar-refractivity contribution in [2.75, 3.05) is 7.11 Å². The van der Waals surface area contributed by atoms with Crippen molar-refractivity contribution >= 4 is 11.6 Å². The van der Waals surface area contributed by atoms with Gasteiger partial charge in [-0.1, -0.05) is 24.6 Å².